The van der Waals surface area contributed by atoms with Crippen molar-refractivity contribution in [1.82, 2.24) is 14.0 Å². The smallest absolute Gasteiger partial charge is 0.267 e. The Balaban J connectivity index is 2.17. The Morgan fingerprint density at radius 1 is 1.17 bits per heavy atom. The van der Waals surface area contributed by atoms with E-state index in [2.05, 4.69) is 16.0 Å². The van der Waals surface area contributed by atoms with Crippen LogP contribution in [-0.2, 0) is 11.3 Å². The first-order valence-electron chi connectivity index (χ1n) is 9.57. The van der Waals surface area contributed by atoms with Gasteiger partial charge >= 0.3 is 0 Å². The van der Waals surface area contributed by atoms with Crippen molar-refractivity contribution in [3.05, 3.63) is 87.8 Å². The lowest BCUT2D eigenvalue weighted by molar-refractivity contribution is -0.120. The maximum atomic E-state index is 13.1. The van der Waals surface area contributed by atoms with Crippen LogP contribution in [-0.4, -0.2) is 19.9 Å². The van der Waals surface area contributed by atoms with Crippen molar-refractivity contribution >= 4 is 22.6 Å². The van der Waals surface area contributed by atoms with E-state index < -0.39 is 0 Å². The molecule has 0 aliphatic carbocycles. The number of carbonyl (C=O) groups excluding carboxylic acids is 1. The van der Waals surface area contributed by atoms with Gasteiger partial charge in [-0.25, -0.2) is 4.98 Å². The lowest BCUT2D eigenvalue weighted by atomic mass is 10.1. The normalized spacial score (nSPS) is 11.9. The van der Waals surface area contributed by atoms with Gasteiger partial charge in [0.2, 0.25) is 5.91 Å². The Morgan fingerprint density at radius 3 is 2.60 bits per heavy atom. The zero-order valence-corrected chi connectivity index (χ0v) is 16.6. The number of carbonyl (C=O) groups is 1. The van der Waals surface area contributed by atoms with Gasteiger partial charge in [0.1, 0.15) is 17.4 Å². The molecule has 4 rings (SSSR count). The zero-order chi connectivity index (χ0) is 21.3. The fraction of sp³-hybridized carbons (Fsp3) is 0.174. The third-order valence-corrected chi connectivity index (χ3v) is 4.80. The van der Waals surface area contributed by atoms with E-state index in [-0.39, 0.29) is 28.4 Å². The maximum absolute atomic E-state index is 13.1. The van der Waals surface area contributed by atoms with Crippen LogP contribution < -0.4 is 11.0 Å². The van der Waals surface area contributed by atoms with E-state index in [9.17, 15) is 14.9 Å². The molecule has 4 aromatic rings. The molecule has 3 heterocycles. The first-order valence-corrected chi connectivity index (χ1v) is 9.57. The molecule has 7 heteroatoms. The molecule has 0 radical (unpaired) electrons. The van der Waals surface area contributed by atoms with Crippen LogP contribution in [0.25, 0.3) is 16.7 Å². The molecule has 0 N–H and O–H groups in total. The minimum absolute atomic E-state index is 0.155. The van der Waals surface area contributed by atoms with Gasteiger partial charge in [-0.15, -0.1) is 0 Å². The van der Waals surface area contributed by atoms with Gasteiger partial charge in [0.25, 0.3) is 5.56 Å². The molecular weight excluding hydrogens is 378 g/mol. The summed E-state index contributed by atoms with van der Waals surface area (Å²) in [6.07, 6.45) is 1.64. The highest BCUT2D eigenvalue weighted by atomic mass is 16.1. The van der Waals surface area contributed by atoms with Gasteiger partial charge in [0, 0.05) is 12.1 Å². The molecule has 0 spiro atoms. The Bertz CT molecular complexity index is 1440. The average Bonchev–Trinajstić information content (AvgIpc) is 2.76. The predicted molar refractivity (Wildman–Crippen MR) is 113 cm³/mol. The zero-order valence-electron chi connectivity index (χ0n) is 16.6. The summed E-state index contributed by atoms with van der Waals surface area (Å²) in [6.45, 7) is 3.81. The molecule has 0 bridgehead atoms. The summed E-state index contributed by atoms with van der Waals surface area (Å²) in [6, 6.07) is 18.4. The van der Waals surface area contributed by atoms with Crippen molar-refractivity contribution in [2.45, 2.75) is 20.4 Å². The molecular formula is C23H19N5O2. The number of nitriles is 1. The van der Waals surface area contributed by atoms with E-state index in [0.717, 1.165) is 5.56 Å². The standard InChI is InChI=1S/C23H19N5O2/c1-15(2)22(29)26-20-17(13-24)12-18-21(28(20)14-16-8-4-3-5-9-16)25-19-10-6-7-11-27(19)23(18)30/h3-12,15H,14H2,1-2H3. The lowest BCUT2D eigenvalue weighted by Gasteiger charge is -2.14. The Hall–Kier alpha value is -4.05. The highest BCUT2D eigenvalue weighted by Crippen LogP contribution is 2.12. The highest BCUT2D eigenvalue weighted by Gasteiger charge is 2.16. The fourth-order valence-electron chi connectivity index (χ4n) is 3.23. The Morgan fingerprint density at radius 2 is 1.90 bits per heavy atom. The molecule has 1 aromatic carbocycles. The second-order valence-corrected chi connectivity index (χ2v) is 7.25. The summed E-state index contributed by atoms with van der Waals surface area (Å²) in [5.41, 5.74) is 1.87. The van der Waals surface area contributed by atoms with Gasteiger partial charge in [-0.05, 0) is 23.8 Å². The summed E-state index contributed by atoms with van der Waals surface area (Å²) in [4.78, 5) is 34.4. The number of amides is 1. The van der Waals surface area contributed by atoms with Crippen LogP contribution in [0.4, 0.5) is 0 Å². The number of nitrogens with zero attached hydrogens (tertiary/aromatic N) is 5. The first-order chi connectivity index (χ1) is 14.5. The number of benzene rings is 1. The van der Waals surface area contributed by atoms with E-state index in [1.165, 1.54) is 10.5 Å². The van der Waals surface area contributed by atoms with Crippen molar-refractivity contribution in [2.75, 3.05) is 0 Å². The monoisotopic (exact) mass is 397 g/mol. The molecule has 3 aromatic heterocycles. The summed E-state index contributed by atoms with van der Waals surface area (Å²) < 4.78 is 3.12. The molecule has 0 atom stereocenters. The van der Waals surface area contributed by atoms with Crippen LogP contribution >= 0.6 is 0 Å². The molecule has 0 fully saturated rings. The van der Waals surface area contributed by atoms with Crippen molar-refractivity contribution in [3.63, 3.8) is 0 Å². The quantitative estimate of drug-likeness (QED) is 0.497. The first kappa shape index (κ1) is 19.3. The van der Waals surface area contributed by atoms with Crippen molar-refractivity contribution in [2.24, 2.45) is 10.9 Å². The van der Waals surface area contributed by atoms with Gasteiger partial charge in [-0.2, -0.15) is 10.3 Å². The SMILES string of the molecule is CC(C)C(=O)N=c1c(C#N)cc2c(=O)n3ccccc3nc2n1Cc1ccccc1. The van der Waals surface area contributed by atoms with Crippen molar-refractivity contribution < 1.29 is 4.79 Å². The number of aromatic nitrogens is 3. The van der Waals surface area contributed by atoms with Gasteiger partial charge in [0.15, 0.2) is 5.49 Å². The second kappa shape index (κ2) is 7.76. The molecule has 0 aliphatic rings. The van der Waals surface area contributed by atoms with Crippen LogP contribution in [0.5, 0.6) is 0 Å². The second-order valence-electron chi connectivity index (χ2n) is 7.25. The molecule has 148 valence electrons. The van der Waals surface area contributed by atoms with E-state index in [1.54, 1.807) is 42.8 Å². The topological polar surface area (TPSA) is 92.5 Å². The van der Waals surface area contributed by atoms with Gasteiger partial charge in [0.05, 0.1) is 17.5 Å². The van der Waals surface area contributed by atoms with E-state index >= 15 is 0 Å². The molecule has 30 heavy (non-hydrogen) atoms. The van der Waals surface area contributed by atoms with E-state index in [4.69, 9.17) is 0 Å². The number of rotatable bonds is 3. The Labute approximate surface area is 172 Å². The van der Waals surface area contributed by atoms with E-state index in [1.807, 2.05) is 30.3 Å². The van der Waals surface area contributed by atoms with Crippen LogP contribution in [0.3, 0.4) is 0 Å². The van der Waals surface area contributed by atoms with Gasteiger partial charge in [-0.1, -0.05) is 50.2 Å². The van der Waals surface area contributed by atoms with Gasteiger partial charge in [-0.3, -0.25) is 14.0 Å². The van der Waals surface area contributed by atoms with Crippen LogP contribution in [0.15, 0.2) is 70.6 Å². The summed E-state index contributed by atoms with van der Waals surface area (Å²) in [5.74, 6) is -0.669. The number of fused-ring (bicyclic) bond motifs is 2. The van der Waals surface area contributed by atoms with Gasteiger partial charge < -0.3 is 4.57 Å². The minimum Gasteiger partial charge on any atom is -0.305 e. The average molecular weight is 397 g/mol. The lowest BCUT2D eigenvalue weighted by Crippen LogP contribution is -2.30. The number of hydrogen-bond acceptors (Lipinski definition) is 4. The highest BCUT2D eigenvalue weighted by molar-refractivity contribution is 5.81. The third-order valence-electron chi connectivity index (χ3n) is 4.80. The summed E-state index contributed by atoms with van der Waals surface area (Å²) in [7, 11) is 0. The Kier molecular flexibility index (Phi) is 4.98. The van der Waals surface area contributed by atoms with Crippen LogP contribution in [0.1, 0.15) is 25.0 Å². The molecule has 0 saturated carbocycles. The van der Waals surface area contributed by atoms with Crippen LogP contribution in [0.2, 0.25) is 0 Å². The molecule has 1 amide bonds. The summed E-state index contributed by atoms with van der Waals surface area (Å²) in [5, 5.41) is 10.1. The third kappa shape index (κ3) is 3.40. The maximum Gasteiger partial charge on any atom is 0.267 e. The minimum atomic E-state index is -0.342. The largest absolute Gasteiger partial charge is 0.305 e. The number of pyridine rings is 2. The van der Waals surface area contributed by atoms with Crippen LogP contribution in [0, 0.1) is 17.2 Å². The predicted octanol–water partition coefficient (Wildman–Crippen LogP) is 2.65. The van der Waals surface area contributed by atoms with Crippen molar-refractivity contribution in [3.8, 4) is 6.07 Å². The molecule has 0 unspecified atom stereocenters. The molecule has 7 nitrogen and oxygen atoms in total. The molecule has 0 aliphatic heterocycles. The molecule has 0 saturated heterocycles. The van der Waals surface area contributed by atoms with Crippen molar-refractivity contribution in [1.29, 1.82) is 5.26 Å². The fourth-order valence-corrected chi connectivity index (χ4v) is 3.23. The summed E-state index contributed by atoms with van der Waals surface area (Å²) >= 11 is 0. The van der Waals surface area contributed by atoms with E-state index in [0.29, 0.717) is 23.2 Å². The number of hydrogen-bond donors (Lipinski definition) is 0.